The summed E-state index contributed by atoms with van der Waals surface area (Å²) < 4.78 is 0. The molecule has 1 aromatic rings. The van der Waals surface area contributed by atoms with Crippen LogP contribution >= 0.6 is 11.8 Å². The predicted octanol–water partition coefficient (Wildman–Crippen LogP) is 2.09. The van der Waals surface area contributed by atoms with E-state index in [2.05, 4.69) is 52.8 Å². The Balaban J connectivity index is 2.36. The molecule has 1 saturated heterocycles. The minimum atomic E-state index is 0.431. The van der Waals surface area contributed by atoms with Gasteiger partial charge in [-0.25, -0.2) is 0 Å². The fourth-order valence-corrected chi connectivity index (χ4v) is 3.56. The van der Waals surface area contributed by atoms with Crippen molar-refractivity contribution in [2.75, 3.05) is 47.6 Å². The lowest BCUT2D eigenvalue weighted by Crippen LogP contribution is -2.45. The highest BCUT2D eigenvalue weighted by Crippen LogP contribution is 2.28. The van der Waals surface area contributed by atoms with Crippen molar-refractivity contribution in [1.82, 2.24) is 15.0 Å². The third kappa shape index (κ3) is 3.51. The quantitative estimate of drug-likeness (QED) is 0.893. The molecule has 0 saturated carbocycles. The third-order valence-corrected chi connectivity index (χ3v) is 5.36. The second-order valence-electron chi connectivity index (χ2n) is 5.19. The Morgan fingerprint density at radius 3 is 2.57 bits per heavy atom. The van der Waals surface area contributed by atoms with Gasteiger partial charge in [0.15, 0.2) is 0 Å². The topological polar surface area (TPSA) is 57.2 Å². The Labute approximate surface area is 131 Å². The van der Waals surface area contributed by atoms with Crippen molar-refractivity contribution in [2.24, 2.45) is 0 Å². The van der Waals surface area contributed by atoms with Gasteiger partial charge < -0.3 is 15.1 Å². The molecule has 1 fully saturated rings. The van der Waals surface area contributed by atoms with E-state index in [-0.39, 0.29) is 0 Å². The zero-order valence-electron chi connectivity index (χ0n) is 13.6. The molecule has 0 spiro atoms. The van der Waals surface area contributed by atoms with E-state index in [0.717, 1.165) is 37.3 Å². The fourth-order valence-electron chi connectivity index (χ4n) is 2.46. The monoisotopic (exact) mass is 310 g/mol. The van der Waals surface area contributed by atoms with Crippen molar-refractivity contribution in [3.63, 3.8) is 0 Å². The maximum Gasteiger partial charge on any atom is 0.232 e. The van der Waals surface area contributed by atoms with Gasteiger partial charge in [-0.3, -0.25) is 0 Å². The average Bonchev–Trinajstić information content (AvgIpc) is 2.51. The van der Waals surface area contributed by atoms with E-state index in [1.54, 1.807) is 0 Å². The van der Waals surface area contributed by atoms with E-state index in [0.29, 0.717) is 17.2 Å². The summed E-state index contributed by atoms with van der Waals surface area (Å²) in [5.74, 6) is 3.30. The van der Waals surface area contributed by atoms with Gasteiger partial charge in [0.05, 0.1) is 0 Å². The predicted molar refractivity (Wildman–Crippen MR) is 91.7 cm³/mol. The largest absolute Gasteiger partial charge is 0.357 e. The van der Waals surface area contributed by atoms with Crippen LogP contribution in [0.1, 0.15) is 27.7 Å². The van der Waals surface area contributed by atoms with Crippen LogP contribution in [0.5, 0.6) is 0 Å². The lowest BCUT2D eigenvalue weighted by Gasteiger charge is -2.37. The summed E-state index contributed by atoms with van der Waals surface area (Å²) in [6.07, 6.45) is 0. The molecule has 0 aromatic carbocycles. The van der Waals surface area contributed by atoms with Crippen LogP contribution in [0.15, 0.2) is 0 Å². The minimum absolute atomic E-state index is 0.431. The molecular formula is C14H26N6S. The Hall–Kier alpha value is -1.24. The van der Waals surface area contributed by atoms with E-state index in [1.165, 1.54) is 0 Å². The lowest BCUT2D eigenvalue weighted by molar-refractivity contribution is 0.610. The molecule has 0 radical (unpaired) electrons. The van der Waals surface area contributed by atoms with E-state index in [4.69, 9.17) is 4.98 Å². The highest BCUT2D eigenvalue weighted by Gasteiger charge is 2.28. The van der Waals surface area contributed by atoms with Crippen LogP contribution in [0.25, 0.3) is 0 Å². The summed E-state index contributed by atoms with van der Waals surface area (Å²) >= 11 is 2.02. The smallest absolute Gasteiger partial charge is 0.232 e. The highest BCUT2D eigenvalue weighted by molar-refractivity contribution is 8.00. The molecule has 118 valence electrons. The van der Waals surface area contributed by atoms with Crippen LogP contribution in [0.3, 0.4) is 0 Å². The summed E-state index contributed by atoms with van der Waals surface area (Å²) in [4.78, 5) is 18.2. The number of rotatable bonds is 5. The fraction of sp³-hybridized carbons (Fsp3) is 0.786. The van der Waals surface area contributed by atoms with Crippen molar-refractivity contribution >= 4 is 29.6 Å². The maximum absolute atomic E-state index is 4.71. The van der Waals surface area contributed by atoms with Gasteiger partial charge in [-0.2, -0.15) is 26.7 Å². The lowest BCUT2D eigenvalue weighted by atomic mass is 10.2. The van der Waals surface area contributed by atoms with Crippen LogP contribution in [0.4, 0.5) is 17.8 Å². The Kier molecular flexibility index (Phi) is 5.50. The van der Waals surface area contributed by atoms with Crippen molar-refractivity contribution in [1.29, 1.82) is 0 Å². The highest BCUT2D eigenvalue weighted by atomic mass is 32.2. The van der Waals surface area contributed by atoms with E-state index < -0.39 is 0 Å². The van der Waals surface area contributed by atoms with Gasteiger partial charge in [-0.05, 0) is 20.8 Å². The van der Waals surface area contributed by atoms with Crippen molar-refractivity contribution < 1.29 is 0 Å². The van der Waals surface area contributed by atoms with Crippen LogP contribution in [0, 0.1) is 0 Å². The van der Waals surface area contributed by atoms with Crippen LogP contribution in [0.2, 0.25) is 0 Å². The standard InChI is InChI=1S/C14H26N6S/c1-6-19(7-2)13-16-12(15-5)17-14(18-13)20-8-9-21-11(4)10(20)3/h10-11H,6-9H2,1-5H3,(H,15,16,17,18). The molecule has 21 heavy (non-hydrogen) atoms. The minimum Gasteiger partial charge on any atom is -0.357 e. The van der Waals surface area contributed by atoms with Gasteiger partial charge in [-0.15, -0.1) is 0 Å². The first-order valence-corrected chi connectivity index (χ1v) is 8.72. The Morgan fingerprint density at radius 1 is 1.24 bits per heavy atom. The molecule has 6 nitrogen and oxygen atoms in total. The molecule has 0 aliphatic carbocycles. The molecule has 1 N–H and O–H groups in total. The second kappa shape index (κ2) is 7.15. The number of nitrogens with zero attached hydrogens (tertiary/aromatic N) is 5. The molecule has 2 rings (SSSR count). The van der Waals surface area contributed by atoms with Crippen molar-refractivity contribution in [3.05, 3.63) is 0 Å². The third-order valence-electron chi connectivity index (χ3n) is 4.02. The summed E-state index contributed by atoms with van der Waals surface area (Å²) in [7, 11) is 1.85. The number of nitrogens with one attached hydrogen (secondary N) is 1. The summed E-state index contributed by atoms with van der Waals surface area (Å²) in [5, 5.41) is 3.64. The van der Waals surface area contributed by atoms with Gasteiger partial charge in [-0.1, -0.05) is 6.92 Å². The average molecular weight is 310 g/mol. The summed E-state index contributed by atoms with van der Waals surface area (Å²) in [6, 6.07) is 0.431. The van der Waals surface area contributed by atoms with E-state index in [1.807, 2.05) is 18.8 Å². The van der Waals surface area contributed by atoms with Gasteiger partial charge in [0, 0.05) is 43.7 Å². The molecule has 2 heterocycles. The first kappa shape index (κ1) is 16.1. The van der Waals surface area contributed by atoms with Gasteiger partial charge in [0.25, 0.3) is 0 Å². The molecule has 2 unspecified atom stereocenters. The molecule has 0 bridgehead atoms. The Morgan fingerprint density at radius 2 is 1.95 bits per heavy atom. The normalized spacial score (nSPS) is 22.2. The first-order valence-electron chi connectivity index (χ1n) is 7.67. The van der Waals surface area contributed by atoms with E-state index >= 15 is 0 Å². The van der Waals surface area contributed by atoms with Crippen molar-refractivity contribution in [2.45, 2.75) is 39.0 Å². The number of aromatic nitrogens is 3. The van der Waals surface area contributed by atoms with Crippen LogP contribution in [-0.4, -0.2) is 58.7 Å². The summed E-state index contributed by atoms with van der Waals surface area (Å²) in [5.41, 5.74) is 0. The molecule has 1 aliphatic heterocycles. The van der Waals surface area contributed by atoms with Gasteiger partial charge >= 0.3 is 0 Å². The Bertz CT molecular complexity index is 465. The first-order chi connectivity index (χ1) is 10.1. The zero-order chi connectivity index (χ0) is 15.4. The maximum atomic E-state index is 4.71. The van der Waals surface area contributed by atoms with Gasteiger partial charge in [0.2, 0.25) is 17.8 Å². The zero-order valence-corrected chi connectivity index (χ0v) is 14.4. The van der Waals surface area contributed by atoms with Crippen LogP contribution < -0.4 is 15.1 Å². The van der Waals surface area contributed by atoms with E-state index in [9.17, 15) is 0 Å². The number of thioether (sulfide) groups is 1. The van der Waals surface area contributed by atoms with Crippen molar-refractivity contribution in [3.8, 4) is 0 Å². The molecular weight excluding hydrogens is 284 g/mol. The molecule has 2 atom stereocenters. The number of hydrogen-bond acceptors (Lipinski definition) is 7. The molecule has 1 aromatic heterocycles. The van der Waals surface area contributed by atoms with Gasteiger partial charge in [0.1, 0.15) is 0 Å². The van der Waals surface area contributed by atoms with Crippen LogP contribution in [-0.2, 0) is 0 Å². The number of anilines is 3. The molecule has 1 aliphatic rings. The molecule has 0 amide bonds. The second-order valence-corrected chi connectivity index (χ2v) is 6.68. The molecule has 7 heteroatoms. The SMILES string of the molecule is CCN(CC)c1nc(NC)nc(N2CCSC(C)C2C)n1. The number of hydrogen-bond donors (Lipinski definition) is 1. The summed E-state index contributed by atoms with van der Waals surface area (Å²) in [6.45, 7) is 11.5.